The molecule has 0 atom stereocenters. The van der Waals surface area contributed by atoms with Gasteiger partial charge in [0.15, 0.2) is 5.96 Å². The molecule has 3 aromatic rings. The molecular formula is C20H20F2N4. The van der Waals surface area contributed by atoms with Gasteiger partial charge in [-0.1, -0.05) is 18.2 Å². The molecule has 2 aromatic carbocycles. The maximum absolute atomic E-state index is 13.7. The number of aliphatic imine (C=N–C) groups is 1. The van der Waals surface area contributed by atoms with Gasteiger partial charge in [-0.2, -0.15) is 0 Å². The van der Waals surface area contributed by atoms with Crippen molar-refractivity contribution in [2.45, 2.75) is 20.0 Å². The molecule has 0 fully saturated rings. The van der Waals surface area contributed by atoms with Crippen LogP contribution in [0.1, 0.15) is 18.1 Å². The topological polar surface area (TPSA) is 49.3 Å². The average molecular weight is 354 g/mol. The van der Waals surface area contributed by atoms with Crippen LogP contribution in [0.15, 0.2) is 59.7 Å². The van der Waals surface area contributed by atoms with E-state index in [0.717, 1.165) is 28.6 Å². The summed E-state index contributed by atoms with van der Waals surface area (Å²) in [6, 6.07) is 13.2. The quantitative estimate of drug-likeness (QED) is 0.542. The van der Waals surface area contributed by atoms with E-state index in [1.807, 2.05) is 37.3 Å². The molecule has 3 rings (SSSR count). The highest BCUT2D eigenvalue weighted by Gasteiger charge is 2.06. The van der Waals surface area contributed by atoms with Crippen LogP contribution in [0, 0.1) is 11.6 Å². The number of hydrogen-bond donors (Lipinski definition) is 2. The van der Waals surface area contributed by atoms with E-state index >= 15 is 0 Å². The van der Waals surface area contributed by atoms with Crippen molar-refractivity contribution >= 4 is 16.9 Å². The van der Waals surface area contributed by atoms with Gasteiger partial charge in [0, 0.05) is 30.2 Å². The lowest BCUT2D eigenvalue weighted by molar-refractivity contribution is 0.585. The van der Waals surface area contributed by atoms with Gasteiger partial charge in [-0.15, -0.1) is 0 Å². The van der Waals surface area contributed by atoms with E-state index in [4.69, 9.17) is 0 Å². The molecule has 1 heterocycles. The van der Waals surface area contributed by atoms with E-state index in [2.05, 4.69) is 20.6 Å². The Morgan fingerprint density at radius 2 is 1.88 bits per heavy atom. The minimum atomic E-state index is -0.474. The van der Waals surface area contributed by atoms with E-state index in [0.29, 0.717) is 19.0 Å². The van der Waals surface area contributed by atoms with E-state index in [-0.39, 0.29) is 12.1 Å². The zero-order valence-electron chi connectivity index (χ0n) is 14.5. The lowest BCUT2D eigenvalue weighted by atomic mass is 10.1. The Balaban J connectivity index is 1.74. The third-order valence-electron chi connectivity index (χ3n) is 3.95. The Kier molecular flexibility index (Phi) is 5.73. The van der Waals surface area contributed by atoms with Crippen LogP contribution < -0.4 is 10.6 Å². The number of nitrogens with zero attached hydrogens (tertiary/aromatic N) is 2. The van der Waals surface area contributed by atoms with E-state index in [1.54, 1.807) is 6.20 Å². The molecule has 4 nitrogen and oxygen atoms in total. The van der Waals surface area contributed by atoms with Crippen molar-refractivity contribution in [3.8, 4) is 0 Å². The van der Waals surface area contributed by atoms with Crippen LogP contribution in [0.5, 0.6) is 0 Å². The summed E-state index contributed by atoms with van der Waals surface area (Å²) in [4.78, 5) is 8.70. The first kappa shape index (κ1) is 17.8. The largest absolute Gasteiger partial charge is 0.357 e. The van der Waals surface area contributed by atoms with Gasteiger partial charge in [0.2, 0.25) is 0 Å². The van der Waals surface area contributed by atoms with Crippen LogP contribution in [0.25, 0.3) is 10.9 Å². The Hall–Kier alpha value is -3.02. The van der Waals surface area contributed by atoms with Crippen LogP contribution in [0.2, 0.25) is 0 Å². The molecule has 2 N–H and O–H groups in total. The van der Waals surface area contributed by atoms with Crippen LogP contribution in [-0.4, -0.2) is 17.5 Å². The Morgan fingerprint density at radius 1 is 1.04 bits per heavy atom. The summed E-state index contributed by atoms with van der Waals surface area (Å²) in [7, 11) is 0. The SMILES string of the molecule is CCNC(=NCc1cc(F)ccc1F)NCc1ccnc2ccccc12. The smallest absolute Gasteiger partial charge is 0.191 e. The highest BCUT2D eigenvalue weighted by molar-refractivity contribution is 5.83. The summed E-state index contributed by atoms with van der Waals surface area (Å²) >= 11 is 0. The lowest BCUT2D eigenvalue weighted by Gasteiger charge is -2.13. The van der Waals surface area contributed by atoms with Crippen molar-refractivity contribution in [3.63, 3.8) is 0 Å². The third-order valence-corrected chi connectivity index (χ3v) is 3.95. The fourth-order valence-electron chi connectivity index (χ4n) is 2.66. The molecule has 0 saturated heterocycles. The van der Waals surface area contributed by atoms with Crippen LogP contribution in [0.3, 0.4) is 0 Å². The Morgan fingerprint density at radius 3 is 2.73 bits per heavy atom. The highest BCUT2D eigenvalue weighted by Crippen LogP contribution is 2.16. The van der Waals surface area contributed by atoms with Crippen LogP contribution in [-0.2, 0) is 13.1 Å². The predicted molar refractivity (Wildman–Crippen MR) is 99.8 cm³/mol. The average Bonchev–Trinajstić information content (AvgIpc) is 2.66. The van der Waals surface area contributed by atoms with Crippen molar-refractivity contribution in [2.24, 2.45) is 4.99 Å². The number of para-hydroxylation sites is 1. The molecule has 0 aliphatic rings. The third kappa shape index (κ3) is 4.33. The normalized spacial score (nSPS) is 11.6. The van der Waals surface area contributed by atoms with Gasteiger partial charge < -0.3 is 10.6 Å². The summed E-state index contributed by atoms with van der Waals surface area (Å²) < 4.78 is 27.0. The second kappa shape index (κ2) is 8.38. The molecule has 134 valence electrons. The van der Waals surface area contributed by atoms with Crippen molar-refractivity contribution in [1.29, 1.82) is 0 Å². The summed E-state index contributed by atoms with van der Waals surface area (Å²) in [5.74, 6) is -0.402. The minimum Gasteiger partial charge on any atom is -0.357 e. The van der Waals surface area contributed by atoms with Crippen molar-refractivity contribution < 1.29 is 8.78 Å². The monoisotopic (exact) mass is 354 g/mol. The number of pyridine rings is 1. The maximum Gasteiger partial charge on any atom is 0.191 e. The Labute approximate surface area is 151 Å². The molecule has 0 bridgehead atoms. The fraction of sp³-hybridized carbons (Fsp3) is 0.200. The predicted octanol–water partition coefficient (Wildman–Crippen LogP) is 3.77. The number of rotatable bonds is 5. The molecule has 0 aliphatic heterocycles. The van der Waals surface area contributed by atoms with Crippen LogP contribution in [0.4, 0.5) is 8.78 Å². The fourth-order valence-corrected chi connectivity index (χ4v) is 2.66. The summed E-state index contributed by atoms with van der Waals surface area (Å²) in [5, 5.41) is 7.41. The second-order valence-corrected chi connectivity index (χ2v) is 5.77. The number of halogens is 2. The molecule has 6 heteroatoms. The van der Waals surface area contributed by atoms with E-state index in [9.17, 15) is 8.78 Å². The number of benzene rings is 2. The standard InChI is InChI=1S/C20H20F2N4/c1-2-23-20(26-13-15-11-16(21)7-8-18(15)22)25-12-14-9-10-24-19-6-4-3-5-17(14)19/h3-11H,2,12-13H2,1H3,(H2,23,25,26). The highest BCUT2D eigenvalue weighted by atomic mass is 19.1. The van der Waals surface area contributed by atoms with Gasteiger partial charge in [0.1, 0.15) is 11.6 Å². The zero-order chi connectivity index (χ0) is 18.4. The van der Waals surface area contributed by atoms with E-state index in [1.165, 1.54) is 6.07 Å². The van der Waals surface area contributed by atoms with Gasteiger partial charge in [-0.3, -0.25) is 4.98 Å². The van der Waals surface area contributed by atoms with Crippen LogP contribution >= 0.6 is 0 Å². The summed E-state index contributed by atoms with van der Waals surface area (Å²) in [6.45, 7) is 3.20. The van der Waals surface area contributed by atoms with Crippen molar-refractivity contribution in [1.82, 2.24) is 15.6 Å². The molecule has 0 amide bonds. The molecule has 0 unspecified atom stereocenters. The number of nitrogens with one attached hydrogen (secondary N) is 2. The van der Waals surface area contributed by atoms with Gasteiger partial charge in [-0.05, 0) is 42.8 Å². The number of hydrogen-bond acceptors (Lipinski definition) is 2. The Bertz CT molecular complexity index is 919. The number of aromatic nitrogens is 1. The second-order valence-electron chi connectivity index (χ2n) is 5.77. The summed E-state index contributed by atoms with van der Waals surface area (Å²) in [5.41, 5.74) is 2.23. The molecule has 0 radical (unpaired) electrons. The van der Waals surface area contributed by atoms with Gasteiger partial charge in [-0.25, -0.2) is 13.8 Å². The molecule has 26 heavy (non-hydrogen) atoms. The van der Waals surface area contributed by atoms with Crippen molar-refractivity contribution in [3.05, 3.63) is 77.5 Å². The number of guanidine groups is 1. The molecule has 0 spiro atoms. The lowest BCUT2D eigenvalue weighted by Crippen LogP contribution is -2.36. The molecule has 0 aliphatic carbocycles. The van der Waals surface area contributed by atoms with Gasteiger partial charge in [0.25, 0.3) is 0 Å². The van der Waals surface area contributed by atoms with Gasteiger partial charge in [0.05, 0.1) is 12.1 Å². The molecule has 1 aromatic heterocycles. The maximum atomic E-state index is 13.7. The first-order chi connectivity index (χ1) is 12.7. The molecule has 0 saturated carbocycles. The first-order valence-electron chi connectivity index (χ1n) is 8.46. The van der Waals surface area contributed by atoms with Gasteiger partial charge >= 0.3 is 0 Å². The summed E-state index contributed by atoms with van der Waals surface area (Å²) in [6.07, 6.45) is 1.77. The zero-order valence-corrected chi connectivity index (χ0v) is 14.5. The minimum absolute atomic E-state index is 0.0516. The van der Waals surface area contributed by atoms with E-state index < -0.39 is 11.6 Å². The number of fused-ring (bicyclic) bond motifs is 1. The van der Waals surface area contributed by atoms with Crippen molar-refractivity contribution in [2.75, 3.05) is 6.54 Å². The molecular weight excluding hydrogens is 334 g/mol. The first-order valence-corrected chi connectivity index (χ1v) is 8.46.